The maximum Gasteiger partial charge on any atom is 0.303 e. The molecule has 0 spiro atoms. The highest BCUT2D eigenvalue weighted by molar-refractivity contribution is 7.89. The molecule has 1 aliphatic rings. The molecule has 2 N–H and O–H groups in total. The third-order valence-corrected chi connectivity index (χ3v) is 4.83. The quantitative estimate of drug-likeness (QED) is 0.662. The van der Waals surface area contributed by atoms with Crippen LogP contribution in [-0.4, -0.2) is 31.8 Å². The molecule has 0 saturated heterocycles. The summed E-state index contributed by atoms with van der Waals surface area (Å²) in [4.78, 5) is 10.3. The van der Waals surface area contributed by atoms with Crippen LogP contribution >= 0.6 is 0 Å². The van der Waals surface area contributed by atoms with Gasteiger partial charge >= 0.3 is 5.97 Å². The average molecular weight is 277 g/mol. The third kappa shape index (κ3) is 6.96. The molecule has 0 bridgehead atoms. The first-order chi connectivity index (χ1) is 8.49. The second-order valence-electron chi connectivity index (χ2n) is 5.00. The van der Waals surface area contributed by atoms with Crippen LogP contribution in [0.3, 0.4) is 0 Å². The summed E-state index contributed by atoms with van der Waals surface area (Å²) in [7, 11) is -3.22. The highest BCUT2D eigenvalue weighted by Gasteiger charge is 2.17. The molecule has 0 amide bonds. The van der Waals surface area contributed by atoms with Gasteiger partial charge in [-0.25, -0.2) is 13.1 Å². The van der Waals surface area contributed by atoms with Crippen molar-refractivity contribution in [2.45, 2.75) is 51.4 Å². The lowest BCUT2D eigenvalue weighted by Crippen LogP contribution is -2.28. The van der Waals surface area contributed by atoms with E-state index in [0.717, 1.165) is 19.3 Å². The first-order valence-corrected chi connectivity index (χ1v) is 8.34. The Hall–Kier alpha value is -0.620. The van der Waals surface area contributed by atoms with Crippen molar-refractivity contribution in [2.75, 3.05) is 12.3 Å². The normalized spacial score (nSPS) is 17.8. The highest BCUT2D eigenvalue weighted by Crippen LogP contribution is 2.26. The van der Waals surface area contributed by atoms with Crippen LogP contribution < -0.4 is 4.72 Å². The van der Waals surface area contributed by atoms with Crippen molar-refractivity contribution in [3.63, 3.8) is 0 Å². The maximum atomic E-state index is 11.7. The van der Waals surface area contributed by atoms with Crippen LogP contribution in [0.15, 0.2) is 0 Å². The van der Waals surface area contributed by atoms with E-state index in [1.165, 1.54) is 19.3 Å². The van der Waals surface area contributed by atoms with E-state index >= 15 is 0 Å². The number of nitrogens with one attached hydrogen (secondary N) is 1. The minimum absolute atomic E-state index is 0.00510. The summed E-state index contributed by atoms with van der Waals surface area (Å²) in [6.45, 7) is 0.222. The minimum atomic E-state index is -3.22. The van der Waals surface area contributed by atoms with Crippen molar-refractivity contribution in [3.8, 4) is 0 Å². The lowest BCUT2D eigenvalue weighted by molar-refractivity contribution is -0.137. The smallest absolute Gasteiger partial charge is 0.303 e. The molecule has 1 saturated carbocycles. The summed E-state index contributed by atoms with van der Waals surface area (Å²) in [6.07, 6.45) is 7.09. The Morgan fingerprint density at radius 1 is 1.22 bits per heavy atom. The molecule has 18 heavy (non-hydrogen) atoms. The predicted molar refractivity (Wildman–Crippen MR) is 69.9 cm³/mol. The number of carboxylic acids is 1. The summed E-state index contributed by atoms with van der Waals surface area (Å²) in [5, 5.41) is 8.44. The van der Waals surface area contributed by atoms with E-state index in [9.17, 15) is 13.2 Å². The molecule has 0 atom stereocenters. The van der Waals surface area contributed by atoms with Crippen molar-refractivity contribution in [1.82, 2.24) is 4.72 Å². The number of hydrogen-bond acceptors (Lipinski definition) is 3. The van der Waals surface area contributed by atoms with E-state index in [1.807, 2.05) is 0 Å². The van der Waals surface area contributed by atoms with Crippen LogP contribution in [0.25, 0.3) is 0 Å². The van der Waals surface area contributed by atoms with Crippen LogP contribution in [0.5, 0.6) is 0 Å². The van der Waals surface area contributed by atoms with E-state index in [-0.39, 0.29) is 18.7 Å². The molecule has 0 aliphatic heterocycles. The second kappa shape index (κ2) is 7.74. The Bertz CT molecular complexity index is 347. The average Bonchev–Trinajstić information content (AvgIpc) is 2.34. The number of carbonyl (C=O) groups is 1. The van der Waals surface area contributed by atoms with Gasteiger partial charge in [-0.3, -0.25) is 4.79 Å². The van der Waals surface area contributed by atoms with Crippen molar-refractivity contribution < 1.29 is 18.3 Å². The van der Waals surface area contributed by atoms with Crippen molar-refractivity contribution in [3.05, 3.63) is 0 Å². The second-order valence-corrected chi connectivity index (χ2v) is 6.93. The fourth-order valence-corrected chi connectivity index (χ4v) is 3.58. The lowest BCUT2D eigenvalue weighted by Gasteiger charge is -2.21. The first-order valence-electron chi connectivity index (χ1n) is 6.69. The molecular formula is C12H23NO4S. The number of rotatable bonds is 8. The zero-order chi connectivity index (χ0) is 13.4. The van der Waals surface area contributed by atoms with E-state index < -0.39 is 16.0 Å². The molecule has 0 radical (unpaired) electrons. The van der Waals surface area contributed by atoms with Gasteiger partial charge in [0, 0.05) is 13.0 Å². The number of carboxylic acid groups (broad SMARTS) is 1. The molecule has 0 aromatic rings. The molecule has 0 heterocycles. The van der Waals surface area contributed by atoms with Crippen molar-refractivity contribution in [1.29, 1.82) is 0 Å². The summed E-state index contributed by atoms with van der Waals surface area (Å²) < 4.78 is 25.8. The summed E-state index contributed by atoms with van der Waals surface area (Å²) in [6, 6.07) is 0. The summed E-state index contributed by atoms with van der Waals surface area (Å²) >= 11 is 0. The fourth-order valence-electron chi connectivity index (χ4n) is 2.34. The Morgan fingerprint density at radius 2 is 1.89 bits per heavy atom. The zero-order valence-corrected chi connectivity index (χ0v) is 11.5. The zero-order valence-electron chi connectivity index (χ0n) is 10.7. The Balaban J connectivity index is 2.16. The van der Waals surface area contributed by atoms with Gasteiger partial charge < -0.3 is 5.11 Å². The van der Waals surface area contributed by atoms with Gasteiger partial charge in [0.25, 0.3) is 0 Å². The Labute approximate surface area is 109 Å². The van der Waals surface area contributed by atoms with E-state index in [2.05, 4.69) is 4.72 Å². The molecule has 1 rings (SSSR count). The largest absolute Gasteiger partial charge is 0.481 e. The highest BCUT2D eigenvalue weighted by atomic mass is 32.2. The predicted octanol–water partition coefficient (Wildman–Crippen LogP) is 1.74. The minimum Gasteiger partial charge on any atom is -0.481 e. The monoisotopic (exact) mass is 277 g/mol. The molecule has 0 unspecified atom stereocenters. The SMILES string of the molecule is O=C(O)CCCNS(=O)(=O)CCC1CCCCC1. The maximum absolute atomic E-state index is 11.7. The molecule has 6 heteroatoms. The van der Waals surface area contributed by atoms with E-state index in [0.29, 0.717) is 12.3 Å². The standard InChI is InChI=1S/C12H23NO4S/c14-12(15)7-4-9-13-18(16,17)10-8-11-5-2-1-3-6-11/h11,13H,1-10H2,(H,14,15). The topological polar surface area (TPSA) is 83.5 Å². The Morgan fingerprint density at radius 3 is 2.50 bits per heavy atom. The van der Waals surface area contributed by atoms with Crippen LogP contribution in [0.2, 0.25) is 0 Å². The van der Waals surface area contributed by atoms with Gasteiger partial charge in [-0.2, -0.15) is 0 Å². The lowest BCUT2D eigenvalue weighted by atomic mass is 9.88. The van der Waals surface area contributed by atoms with Crippen molar-refractivity contribution >= 4 is 16.0 Å². The van der Waals surface area contributed by atoms with E-state index in [1.54, 1.807) is 0 Å². The van der Waals surface area contributed by atoms with Gasteiger partial charge in [-0.15, -0.1) is 0 Å². The first kappa shape index (κ1) is 15.4. The van der Waals surface area contributed by atoms with Gasteiger partial charge in [0.15, 0.2) is 0 Å². The number of hydrogen-bond donors (Lipinski definition) is 2. The van der Waals surface area contributed by atoms with Gasteiger partial charge in [0.1, 0.15) is 0 Å². The fraction of sp³-hybridized carbons (Fsp3) is 0.917. The van der Waals surface area contributed by atoms with Crippen LogP contribution in [0.1, 0.15) is 51.4 Å². The molecule has 1 fully saturated rings. The van der Waals surface area contributed by atoms with Crippen LogP contribution in [-0.2, 0) is 14.8 Å². The van der Waals surface area contributed by atoms with Crippen molar-refractivity contribution in [2.24, 2.45) is 5.92 Å². The van der Waals surface area contributed by atoms with Crippen LogP contribution in [0, 0.1) is 5.92 Å². The summed E-state index contributed by atoms with van der Waals surface area (Å²) in [5.74, 6) is -0.171. The number of sulfonamides is 1. The third-order valence-electron chi connectivity index (χ3n) is 3.41. The number of aliphatic carboxylic acids is 1. The molecule has 0 aromatic heterocycles. The van der Waals surface area contributed by atoms with Crippen LogP contribution in [0.4, 0.5) is 0 Å². The van der Waals surface area contributed by atoms with Gasteiger partial charge in [-0.1, -0.05) is 32.1 Å². The van der Waals surface area contributed by atoms with Gasteiger partial charge in [0.2, 0.25) is 10.0 Å². The molecule has 106 valence electrons. The molecular weight excluding hydrogens is 254 g/mol. The molecule has 1 aliphatic carbocycles. The molecule has 0 aromatic carbocycles. The van der Waals surface area contributed by atoms with E-state index in [4.69, 9.17) is 5.11 Å². The molecule has 5 nitrogen and oxygen atoms in total. The van der Waals surface area contributed by atoms with Gasteiger partial charge in [-0.05, 0) is 18.8 Å². The Kier molecular flexibility index (Phi) is 6.63. The summed E-state index contributed by atoms with van der Waals surface area (Å²) in [5.41, 5.74) is 0. The van der Waals surface area contributed by atoms with Gasteiger partial charge in [0.05, 0.1) is 5.75 Å².